The first-order valence-corrected chi connectivity index (χ1v) is 6.32. The number of nitrogen functional groups attached to an aromatic ring is 1. The molecule has 0 aliphatic heterocycles. The van der Waals surface area contributed by atoms with Crippen LogP contribution in [0.25, 0.3) is 0 Å². The third-order valence-corrected chi connectivity index (χ3v) is 3.57. The van der Waals surface area contributed by atoms with Gasteiger partial charge < -0.3 is 5.73 Å². The average Bonchev–Trinajstić information content (AvgIpc) is 2.34. The number of Topliss-reactive ketones (excluding diaryl/α,β-unsaturated/α-hetero) is 1. The predicted molar refractivity (Wildman–Crippen MR) is 71.3 cm³/mol. The van der Waals surface area contributed by atoms with E-state index in [1.807, 2.05) is 0 Å². The Morgan fingerprint density at radius 3 is 2.53 bits per heavy atom. The zero-order chi connectivity index (χ0) is 14.0. The Hall–Kier alpha value is -1.88. The molecule has 0 aromatic heterocycles. The van der Waals surface area contributed by atoms with Crippen molar-refractivity contribution in [3.05, 3.63) is 53.6 Å². The number of nitrogens with two attached hydrogens (primary N) is 1. The molecule has 5 heteroatoms. The van der Waals surface area contributed by atoms with Crippen molar-refractivity contribution in [2.24, 2.45) is 0 Å². The van der Waals surface area contributed by atoms with E-state index in [2.05, 4.69) is 0 Å². The molecule has 19 heavy (non-hydrogen) atoms. The van der Waals surface area contributed by atoms with Crippen LogP contribution in [0.5, 0.6) is 0 Å². The van der Waals surface area contributed by atoms with Gasteiger partial charge in [0.15, 0.2) is 5.78 Å². The first kappa shape index (κ1) is 13.5. The maximum Gasteiger partial charge on any atom is 0.161 e. The van der Waals surface area contributed by atoms with Crippen molar-refractivity contribution in [3.8, 4) is 0 Å². The van der Waals surface area contributed by atoms with Gasteiger partial charge in [0.05, 0.1) is 0 Å². The van der Waals surface area contributed by atoms with E-state index in [1.165, 1.54) is 19.1 Å². The van der Waals surface area contributed by atoms with Gasteiger partial charge in [0, 0.05) is 27.1 Å². The second-order valence-corrected chi connectivity index (χ2v) is 5.10. The van der Waals surface area contributed by atoms with Crippen LogP contribution >= 0.6 is 11.8 Å². The van der Waals surface area contributed by atoms with E-state index in [1.54, 1.807) is 18.2 Å². The van der Waals surface area contributed by atoms with Gasteiger partial charge >= 0.3 is 0 Å². The molecule has 2 rings (SSSR count). The summed E-state index contributed by atoms with van der Waals surface area (Å²) < 4.78 is 26.3. The molecule has 0 saturated heterocycles. The maximum absolute atomic E-state index is 13.5. The molecule has 0 fully saturated rings. The van der Waals surface area contributed by atoms with E-state index in [4.69, 9.17) is 5.73 Å². The number of rotatable bonds is 3. The van der Waals surface area contributed by atoms with Crippen molar-refractivity contribution in [3.63, 3.8) is 0 Å². The fourth-order valence-electron chi connectivity index (χ4n) is 1.59. The molecular weight excluding hydrogens is 268 g/mol. The van der Waals surface area contributed by atoms with E-state index in [9.17, 15) is 13.6 Å². The minimum Gasteiger partial charge on any atom is -0.398 e. The molecule has 0 bridgehead atoms. The SMILES string of the molecule is CC(=O)c1cc(Sc2ccc(F)cc2F)ccc1N. The number of benzene rings is 2. The Morgan fingerprint density at radius 1 is 1.16 bits per heavy atom. The molecule has 0 atom stereocenters. The molecule has 2 aromatic rings. The molecule has 98 valence electrons. The number of carbonyl (C=O) groups is 1. The summed E-state index contributed by atoms with van der Waals surface area (Å²) in [5.74, 6) is -1.41. The maximum atomic E-state index is 13.5. The first-order chi connectivity index (χ1) is 8.97. The molecular formula is C14H11F2NOS. The fraction of sp³-hybridized carbons (Fsp3) is 0.0714. The van der Waals surface area contributed by atoms with Crippen LogP contribution in [0.3, 0.4) is 0 Å². The molecule has 2 aromatic carbocycles. The van der Waals surface area contributed by atoms with Crippen LogP contribution in [0.4, 0.5) is 14.5 Å². The minimum absolute atomic E-state index is 0.153. The van der Waals surface area contributed by atoms with Gasteiger partial charge in [-0.3, -0.25) is 4.79 Å². The van der Waals surface area contributed by atoms with Crippen molar-refractivity contribution >= 4 is 23.2 Å². The Bertz CT molecular complexity index is 643. The van der Waals surface area contributed by atoms with Gasteiger partial charge in [-0.25, -0.2) is 8.78 Å². The van der Waals surface area contributed by atoms with Crippen LogP contribution in [-0.4, -0.2) is 5.78 Å². The third-order valence-electron chi connectivity index (χ3n) is 2.53. The summed E-state index contributed by atoms with van der Waals surface area (Å²) in [6, 6.07) is 8.26. The summed E-state index contributed by atoms with van der Waals surface area (Å²) in [5, 5.41) is 0. The number of ketones is 1. The van der Waals surface area contributed by atoms with Crippen LogP contribution in [0.2, 0.25) is 0 Å². The Balaban J connectivity index is 2.33. The Morgan fingerprint density at radius 2 is 1.89 bits per heavy atom. The summed E-state index contributed by atoms with van der Waals surface area (Å²) in [6.07, 6.45) is 0. The lowest BCUT2D eigenvalue weighted by Gasteiger charge is -2.07. The summed E-state index contributed by atoms with van der Waals surface area (Å²) in [5.41, 5.74) is 6.46. The van der Waals surface area contributed by atoms with Crippen molar-refractivity contribution in [2.45, 2.75) is 16.7 Å². The van der Waals surface area contributed by atoms with Crippen LogP contribution in [-0.2, 0) is 0 Å². The second-order valence-electron chi connectivity index (χ2n) is 3.98. The number of hydrogen-bond donors (Lipinski definition) is 1. The van der Waals surface area contributed by atoms with Gasteiger partial charge in [-0.15, -0.1) is 0 Å². The largest absolute Gasteiger partial charge is 0.398 e. The Labute approximate surface area is 113 Å². The highest BCUT2D eigenvalue weighted by Crippen LogP contribution is 2.32. The van der Waals surface area contributed by atoms with E-state index in [0.717, 1.165) is 17.8 Å². The molecule has 2 N–H and O–H groups in total. The number of carbonyl (C=O) groups excluding carboxylic acids is 1. The van der Waals surface area contributed by atoms with Crippen molar-refractivity contribution in [2.75, 3.05) is 5.73 Å². The summed E-state index contributed by atoms with van der Waals surface area (Å²) >= 11 is 1.11. The molecule has 0 aliphatic rings. The molecule has 0 heterocycles. The van der Waals surface area contributed by atoms with E-state index < -0.39 is 11.6 Å². The van der Waals surface area contributed by atoms with Gasteiger partial charge in [0.2, 0.25) is 0 Å². The van der Waals surface area contributed by atoms with Crippen LogP contribution in [0, 0.1) is 11.6 Å². The van der Waals surface area contributed by atoms with Crippen LogP contribution in [0.15, 0.2) is 46.2 Å². The average molecular weight is 279 g/mol. The van der Waals surface area contributed by atoms with Crippen LogP contribution < -0.4 is 5.73 Å². The topological polar surface area (TPSA) is 43.1 Å². The lowest BCUT2D eigenvalue weighted by molar-refractivity contribution is 0.101. The standard InChI is InChI=1S/C14H11F2NOS/c1-8(18)11-7-10(3-4-13(11)17)19-14-5-2-9(15)6-12(14)16/h2-7H,17H2,1H3. The zero-order valence-electron chi connectivity index (χ0n) is 10.1. The first-order valence-electron chi connectivity index (χ1n) is 5.51. The molecule has 2 nitrogen and oxygen atoms in total. The highest BCUT2D eigenvalue weighted by Gasteiger charge is 2.09. The molecule has 0 aliphatic carbocycles. The van der Waals surface area contributed by atoms with Crippen LogP contribution in [0.1, 0.15) is 17.3 Å². The van der Waals surface area contributed by atoms with Crippen molar-refractivity contribution in [1.82, 2.24) is 0 Å². The van der Waals surface area contributed by atoms with Crippen molar-refractivity contribution < 1.29 is 13.6 Å². The summed E-state index contributed by atoms with van der Waals surface area (Å²) in [7, 11) is 0. The lowest BCUT2D eigenvalue weighted by atomic mass is 10.1. The molecule has 0 amide bonds. The zero-order valence-corrected chi connectivity index (χ0v) is 10.9. The number of anilines is 1. The highest BCUT2D eigenvalue weighted by molar-refractivity contribution is 7.99. The molecule has 0 saturated carbocycles. The monoisotopic (exact) mass is 279 g/mol. The summed E-state index contributed by atoms with van der Waals surface area (Å²) in [4.78, 5) is 12.3. The van der Waals surface area contributed by atoms with E-state index in [0.29, 0.717) is 21.0 Å². The van der Waals surface area contributed by atoms with Gasteiger partial charge in [-0.05, 0) is 37.3 Å². The molecule has 0 radical (unpaired) electrons. The van der Waals surface area contributed by atoms with E-state index >= 15 is 0 Å². The van der Waals surface area contributed by atoms with E-state index in [-0.39, 0.29) is 5.78 Å². The summed E-state index contributed by atoms with van der Waals surface area (Å²) in [6.45, 7) is 1.42. The Kier molecular flexibility index (Phi) is 3.85. The fourth-order valence-corrected chi connectivity index (χ4v) is 2.45. The van der Waals surface area contributed by atoms with Gasteiger partial charge in [-0.1, -0.05) is 11.8 Å². The number of halogens is 2. The normalized spacial score (nSPS) is 10.5. The predicted octanol–water partition coefficient (Wildman–Crippen LogP) is 3.90. The minimum atomic E-state index is -0.633. The number of hydrogen-bond acceptors (Lipinski definition) is 3. The van der Waals surface area contributed by atoms with Gasteiger partial charge in [-0.2, -0.15) is 0 Å². The molecule has 0 spiro atoms. The van der Waals surface area contributed by atoms with Gasteiger partial charge in [0.1, 0.15) is 11.6 Å². The smallest absolute Gasteiger partial charge is 0.161 e. The third kappa shape index (κ3) is 3.12. The lowest BCUT2D eigenvalue weighted by Crippen LogP contribution is -1.99. The highest BCUT2D eigenvalue weighted by atomic mass is 32.2. The quantitative estimate of drug-likeness (QED) is 0.684. The van der Waals surface area contributed by atoms with Gasteiger partial charge in [0.25, 0.3) is 0 Å². The molecule has 0 unspecified atom stereocenters. The second kappa shape index (κ2) is 5.40. The van der Waals surface area contributed by atoms with Crippen molar-refractivity contribution in [1.29, 1.82) is 0 Å².